The predicted molar refractivity (Wildman–Crippen MR) is 90.4 cm³/mol. The molecule has 7 nitrogen and oxygen atoms in total. The van der Waals surface area contributed by atoms with Crippen molar-refractivity contribution in [3.8, 4) is 0 Å². The van der Waals surface area contributed by atoms with Crippen molar-refractivity contribution in [3.63, 3.8) is 0 Å². The minimum absolute atomic E-state index is 0. The van der Waals surface area contributed by atoms with Gasteiger partial charge in [0.25, 0.3) is 0 Å². The Hall–Kier alpha value is -0.710. The molecule has 4 N–H and O–H groups in total. The van der Waals surface area contributed by atoms with Crippen molar-refractivity contribution >= 4 is 32.5 Å². The van der Waals surface area contributed by atoms with Crippen LogP contribution in [0.4, 0.5) is 0 Å². The number of nitrogens with two attached hydrogens (primary N) is 1. The number of hydrogen-bond acceptors (Lipinski definition) is 5. The fourth-order valence-corrected chi connectivity index (χ4v) is 4.73. The lowest BCUT2D eigenvalue weighted by Crippen LogP contribution is -2.39. The van der Waals surface area contributed by atoms with Gasteiger partial charge in [-0.15, -0.1) is 12.4 Å². The SMILES string of the molecule is CNS(=O)(=O)c1ccc(S(=O)(=O)NC2CCCC2CN)cc1.Cl. The van der Waals surface area contributed by atoms with Gasteiger partial charge in [-0.25, -0.2) is 26.3 Å². The van der Waals surface area contributed by atoms with Gasteiger partial charge in [0.15, 0.2) is 0 Å². The van der Waals surface area contributed by atoms with Crippen LogP contribution >= 0.6 is 12.4 Å². The standard InChI is InChI=1S/C13H21N3O4S2.ClH/c1-15-21(17,18)11-5-7-12(8-6-11)22(19,20)16-13-4-2-3-10(13)9-14;/h5-8,10,13,15-16H,2-4,9,14H2,1H3;1H. The Bertz CT molecular complexity index is 720. The summed E-state index contributed by atoms with van der Waals surface area (Å²) in [5.74, 6) is 0.152. The van der Waals surface area contributed by atoms with Gasteiger partial charge in [-0.2, -0.15) is 0 Å². The lowest BCUT2D eigenvalue weighted by atomic mass is 10.1. The maximum absolute atomic E-state index is 12.4. The summed E-state index contributed by atoms with van der Waals surface area (Å²) in [7, 11) is -5.95. The zero-order chi connectivity index (χ0) is 16.4. The van der Waals surface area contributed by atoms with E-state index in [2.05, 4.69) is 9.44 Å². The van der Waals surface area contributed by atoms with Crippen molar-refractivity contribution < 1.29 is 16.8 Å². The fraction of sp³-hybridized carbons (Fsp3) is 0.538. The fourth-order valence-electron chi connectivity index (χ4n) is 2.66. The molecule has 1 aromatic rings. The summed E-state index contributed by atoms with van der Waals surface area (Å²) in [6.45, 7) is 0.451. The van der Waals surface area contributed by atoms with Crippen LogP contribution in [0.15, 0.2) is 34.1 Å². The van der Waals surface area contributed by atoms with Crippen molar-refractivity contribution in [3.05, 3.63) is 24.3 Å². The van der Waals surface area contributed by atoms with Gasteiger partial charge in [0.05, 0.1) is 9.79 Å². The third-order valence-electron chi connectivity index (χ3n) is 3.98. The summed E-state index contributed by atoms with van der Waals surface area (Å²) in [5.41, 5.74) is 5.66. The first-order valence-electron chi connectivity index (χ1n) is 7.06. The lowest BCUT2D eigenvalue weighted by molar-refractivity contribution is 0.453. The van der Waals surface area contributed by atoms with Crippen molar-refractivity contribution in [1.82, 2.24) is 9.44 Å². The molecule has 1 fully saturated rings. The number of hydrogen-bond donors (Lipinski definition) is 3. The van der Waals surface area contributed by atoms with Gasteiger partial charge in [0.1, 0.15) is 0 Å². The molecule has 1 aliphatic carbocycles. The van der Waals surface area contributed by atoms with E-state index in [9.17, 15) is 16.8 Å². The van der Waals surface area contributed by atoms with Crippen molar-refractivity contribution in [2.75, 3.05) is 13.6 Å². The van der Waals surface area contributed by atoms with E-state index in [-0.39, 0.29) is 34.2 Å². The van der Waals surface area contributed by atoms with Gasteiger partial charge >= 0.3 is 0 Å². The monoisotopic (exact) mass is 383 g/mol. The van der Waals surface area contributed by atoms with Gasteiger partial charge in [-0.05, 0) is 56.6 Å². The first-order valence-corrected chi connectivity index (χ1v) is 10.0. The highest BCUT2D eigenvalue weighted by atomic mass is 35.5. The molecule has 0 aromatic heterocycles. The first-order chi connectivity index (χ1) is 10.3. The summed E-state index contributed by atoms with van der Waals surface area (Å²) >= 11 is 0. The average Bonchev–Trinajstić information content (AvgIpc) is 2.94. The molecule has 2 rings (SSSR count). The maximum Gasteiger partial charge on any atom is 0.240 e. The highest BCUT2D eigenvalue weighted by Gasteiger charge is 2.30. The van der Waals surface area contributed by atoms with Gasteiger partial charge < -0.3 is 5.73 Å². The molecular weight excluding hydrogens is 362 g/mol. The molecule has 0 saturated heterocycles. The Labute approximate surface area is 143 Å². The molecule has 23 heavy (non-hydrogen) atoms. The molecule has 1 aliphatic rings. The Morgan fingerprint density at radius 3 is 2.04 bits per heavy atom. The molecule has 0 bridgehead atoms. The van der Waals surface area contributed by atoms with E-state index in [1.807, 2.05) is 0 Å². The summed E-state index contributed by atoms with van der Waals surface area (Å²) in [6, 6.07) is 4.97. The Morgan fingerprint density at radius 2 is 1.57 bits per heavy atom. The summed E-state index contributed by atoms with van der Waals surface area (Å²) in [4.78, 5) is 0.0693. The van der Waals surface area contributed by atoms with Crippen LogP contribution in [0, 0.1) is 5.92 Å². The Kier molecular flexibility index (Phi) is 6.99. The largest absolute Gasteiger partial charge is 0.330 e. The molecule has 132 valence electrons. The van der Waals surface area contributed by atoms with Gasteiger partial charge in [0, 0.05) is 6.04 Å². The summed E-state index contributed by atoms with van der Waals surface area (Å²) < 4.78 is 52.8. The molecule has 10 heteroatoms. The first kappa shape index (κ1) is 20.3. The van der Waals surface area contributed by atoms with Crippen molar-refractivity contribution in [2.24, 2.45) is 11.7 Å². The normalized spacial score (nSPS) is 21.8. The zero-order valence-electron chi connectivity index (χ0n) is 12.7. The maximum atomic E-state index is 12.4. The van der Waals surface area contributed by atoms with Crippen molar-refractivity contribution in [1.29, 1.82) is 0 Å². The number of nitrogens with one attached hydrogen (secondary N) is 2. The highest BCUT2D eigenvalue weighted by Crippen LogP contribution is 2.26. The second-order valence-electron chi connectivity index (χ2n) is 5.33. The van der Waals surface area contributed by atoms with Crippen LogP contribution in [0.2, 0.25) is 0 Å². The van der Waals surface area contributed by atoms with Crippen LogP contribution in [0.5, 0.6) is 0 Å². The van der Waals surface area contributed by atoms with Crippen LogP contribution in [-0.2, 0) is 20.0 Å². The second-order valence-corrected chi connectivity index (χ2v) is 8.93. The molecule has 2 atom stereocenters. The van der Waals surface area contributed by atoms with E-state index in [0.717, 1.165) is 19.3 Å². The molecule has 2 unspecified atom stereocenters. The average molecular weight is 384 g/mol. The van der Waals surface area contributed by atoms with Crippen LogP contribution in [0.3, 0.4) is 0 Å². The van der Waals surface area contributed by atoms with Crippen LogP contribution in [0.1, 0.15) is 19.3 Å². The molecule has 0 radical (unpaired) electrons. The Morgan fingerprint density at radius 1 is 1.04 bits per heavy atom. The van der Waals surface area contributed by atoms with Crippen LogP contribution in [-0.4, -0.2) is 36.5 Å². The van der Waals surface area contributed by atoms with Gasteiger partial charge in [-0.1, -0.05) is 6.42 Å². The quantitative estimate of drug-likeness (QED) is 0.658. The van der Waals surface area contributed by atoms with E-state index in [4.69, 9.17) is 5.73 Å². The van der Waals surface area contributed by atoms with E-state index in [1.54, 1.807) is 0 Å². The van der Waals surface area contributed by atoms with E-state index < -0.39 is 20.0 Å². The van der Waals surface area contributed by atoms with Gasteiger partial charge in [-0.3, -0.25) is 0 Å². The molecule has 1 aromatic carbocycles. The van der Waals surface area contributed by atoms with Crippen LogP contribution in [0.25, 0.3) is 0 Å². The molecule has 1 saturated carbocycles. The Balaban J connectivity index is 0.00000264. The number of halogens is 1. The molecule has 0 aliphatic heterocycles. The molecule has 0 heterocycles. The minimum Gasteiger partial charge on any atom is -0.330 e. The predicted octanol–water partition coefficient (Wildman–Crippen LogP) is 0.422. The second kappa shape index (κ2) is 7.91. The minimum atomic E-state index is -3.68. The topological polar surface area (TPSA) is 118 Å². The summed E-state index contributed by atoms with van der Waals surface area (Å²) in [5, 5.41) is 0. The lowest BCUT2D eigenvalue weighted by Gasteiger charge is -2.19. The third-order valence-corrected chi connectivity index (χ3v) is 6.92. The smallest absolute Gasteiger partial charge is 0.240 e. The van der Waals surface area contributed by atoms with E-state index in [1.165, 1.54) is 31.3 Å². The number of benzene rings is 1. The van der Waals surface area contributed by atoms with E-state index in [0.29, 0.717) is 6.54 Å². The summed E-state index contributed by atoms with van der Waals surface area (Å²) in [6.07, 6.45) is 2.64. The highest BCUT2D eigenvalue weighted by molar-refractivity contribution is 7.90. The van der Waals surface area contributed by atoms with E-state index >= 15 is 0 Å². The molecular formula is C13H22ClN3O4S2. The molecule has 0 amide bonds. The number of sulfonamides is 2. The van der Waals surface area contributed by atoms with Crippen LogP contribution < -0.4 is 15.2 Å². The van der Waals surface area contributed by atoms with Crippen molar-refractivity contribution in [2.45, 2.75) is 35.1 Å². The number of rotatable bonds is 6. The molecule has 0 spiro atoms. The zero-order valence-corrected chi connectivity index (χ0v) is 15.2. The van der Waals surface area contributed by atoms with Gasteiger partial charge in [0.2, 0.25) is 20.0 Å². The third kappa shape index (κ3) is 4.65.